The summed E-state index contributed by atoms with van der Waals surface area (Å²) >= 11 is 0. The Morgan fingerprint density at radius 3 is 2.33 bits per heavy atom. The van der Waals surface area contributed by atoms with Crippen molar-refractivity contribution in [3.05, 3.63) is 89.6 Å². The number of hydrogen-bond acceptors (Lipinski definition) is 9. The molecule has 0 aliphatic carbocycles. The molecular weight excluding hydrogens is 436 g/mol. The molecule has 0 radical (unpaired) electrons. The van der Waals surface area contributed by atoms with Gasteiger partial charge >= 0.3 is 5.97 Å². The molecule has 168 valence electrons. The van der Waals surface area contributed by atoms with Crippen molar-refractivity contribution in [3.8, 4) is 5.75 Å². The van der Waals surface area contributed by atoms with Crippen molar-refractivity contribution in [2.75, 3.05) is 11.1 Å². The molecule has 2 heterocycles. The maximum atomic E-state index is 13.0. The number of carbonyl (C=O) groups excluding carboxylic acids is 1. The molecule has 0 amide bonds. The largest absolute Gasteiger partial charge is 0.486 e. The van der Waals surface area contributed by atoms with Crippen molar-refractivity contribution in [1.82, 2.24) is 15.0 Å². The predicted octanol–water partition coefficient (Wildman–Crippen LogP) is 4.00. The lowest BCUT2D eigenvalue weighted by Gasteiger charge is -2.07. The maximum Gasteiger partial charge on any atom is 0.374 e. The van der Waals surface area contributed by atoms with Crippen LogP contribution in [0.3, 0.4) is 0 Å². The topological polar surface area (TPSA) is 125 Å². The highest BCUT2D eigenvalue weighted by Crippen LogP contribution is 2.17. The van der Waals surface area contributed by atoms with Crippen LogP contribution in [-0.4, -0.2) is 20.9 Å². The molecule has 0 aliphatic heterocycles. The Balaban J connectivity index is 1.33. The lowest BCUT2D eigenvalue weighted by atomic mass is 10.3. The summed E-state index contributed by atoms with van der Waals surface area (Å²) < 4.78 is 42.0. The number of furan rings is 1. The Morgan fingerprint density at radius 1 is 0.909 bits per heavy atom. The number of anilines is 3. The Kier molecular flexibility index (Phi) is 6.39. The number of halogens is 2. The zero-order valence-electron chi connectivity index (χ0n) is 17.0. The lowest BCUT2D eigenvalue weighted by molar-refractivity contribution is 0.0421. The number of hydrogen-bond donors (Lipinski definition) is 2. The monoisotopic (exact) mass is 453 g/mol. The Hall–Kier alpha value is -4.54. The van der Waals surface area contributed by atoms with Gasteiger partial charge in [-0.15, -0.1) is 0 Å². The van der Waals surface area contributed by atoms with E-state index in [4.69, 9.17) is 19.6 Å². The molecule has 4 rings (SSSR count). The number of carbonyl (C=O) groups is 1. The molecule has 3 N–H and O–H groups in total. The number of aromatic nitrogens is 3. The second-order valence-electron chi connectivity index (χ2n) is 6.65. The first-order valence-corrected chi connectivity index (χ1v) is 9.62. The molecule has 4 aromatic rings. The fraction of sp³-hybridized carbons (Fsp3) is 0.0909. The van der Waals surface area contributed by atoms with Crippen LogP contribution in [0.25, 0.3) is 0 Å². The highest BCUT2D eigenvalue weighted by molar-refractivity contribution is 5.86. The third-order valence-corrected chi connectivity index (χ3v) is 4.19. The summed E-state index contributed by atoms with van der Waals surface area (Å²) in [5.74, 6) is -0.579. The highest BCUT2D eigenvalue weighted by Gasteiger charge is 2.15. The van der Waals surface area contributed by atoms with E-state index in [1.165, 1.54) is 54.6 Å². The second kappa shape index (κ2) is 9.73. The van der Waals surface area contributed by atoms with Gasteiger partial charge in [0, 0.05) is 5.69 Å². The van der Waals surface area contributed by atoms with Crippen LogP contribution in [0.15, 0.2) is 65.1 Å². The molecule has 0 fully saturated rings. The zero-order chi connectivity index (χ0) is 23.2. The molecule has 11 heteroatoms. The number of nitrogens with zero attached hydrogens (tertiary/aromatic N) is 3. The Labute approximate surface area is 186 Å². The predicted molar refractivity (Wildman–Crippen MR) is 112 cm³/mol. The SMILES string of the molecule is Nc1nc(COC(=O)c2ccc(COc3ccc(F)cc3)o2)nc(Nc2ccc(F)cc2)n1. The summed E-state index contributed by atoms with van der Waals surface area (Å²) in [6.07, 6.45) is 0. The van der Waals surface area contributed by atoms with Gasteiger partial charge in [-0.2, -0.15) is 15.0 Å². The molecule has 0 bridgehead atoms. The standard InChI is InChI=1S/C22H17F2N5O4/c23-13-1-5-15(6-2-13)26-22-28-19(27-21(25)29-22)12-32-20(30)18-10-9-17(33-18)11-31-16-7-3-14(24)4-8-16/h1-10H,11-12H2,(H3,25,26,27,28,29). The van der Waals surface area contributed by atoms with Crippen LogP contribution in [0.5, 0.6) is 5.75 Å². The van der Waals surface area contributed by atoms with Crippen molar-refractivity contribution in [2.24, 2.45) is 0 Å². The molecule has 0 spiro atoms. The number of ether oxygens (including phenoxy) is 2. The summed E-state index contributed by atoms with van der Waals surface area (Å²) in [5, 5.41) is 2.86. The molecule has 2 aromatic carbocycles. The maximum absolute atomic E-state index is 13.0. The first-order chi connectivity index (χ1) is 15.9. The van der Waals surface area contributed by atoms with Crippen LogP contribution in [0, 0.1) is 11.6 Å². The number of benzene rings is 2. The smallest absolute Gasteiger partial charge is 0.374 e. The van der Waals surface area contributed by atoms with E-state index in [1.807, 2.05) is 0 Å². The van der Waals surface area contributed by atoms with Gasteiger partial charge in [-0.05, 0) is 60.7 Å². The van der Waals surface area contributed by atoms with E-state index in [-0.39, 0.29) is 48.3 Å². The van der Waals surface area contributed by atoms with Gasteiger partial charge in [0.25, 0.3) is 0 Å². The van der Waals surface area contributed by atoms with Crippen LogP contribution in [0.4, 0.5) is 26.4 Å². The van der Waals surface area contributed by atoms with Crippen molar-refractivity contribution in [3.63, 3.8) is 0 Å². The summed E-state index contributed by atoms with van der Waals surface area (Å²) in [7, 11) is 0. The second-order valence-corrected chi connectivity index (χ2v) is 6.65. The molecule has 2 aromatic heterocycles. The number of nitrogens with two attached hydrogens (primary N) is 1. The first-order valence-electron chi connectivity index (χ1n) is 9.62. The van der Waals surface area contributed by atoms with Crippen LogP contribution in [-0.2, 0) is 18.0 Å². The molecule has 0 atom stereocenters. The van der Waals surface area contributed by atoms with Gasteiger partial charge in [0.1, 0.15) is 29.8 Å². The fourth-order valence-electron chi connectivity index (χ4n) is 2.67. The van der Waals surface area contributed by atoms with Crippen molar-refractivity contribution in [2.45, 2.75) is 13.2 Å². The minimum absolute atomic E-state index is 0.0422. The van der Waals surface area contributed by atoms with E-state index in [1.54, 1.807) is 6.07 Å². The Morgan fingerprint density at radius 2 is 1.61 bits per heavy atom. The average Bonchev–Trinajstić information content (AvgIpc) is 3.28. The van der Waals surface area contributed by atoms with E-state index < -0.39 is 5.97 Å². The van der Waals surface area contributed by atoms with Crippen LogP contribution in [0.2, 0.25) is 0 Å². The number of nitrogens with one attached hydrogen (secondary N) is 1. The van der Waals surface area contributed by atoms with Crippen molar-refractivity contribution < 1.29 is 27.5 Å². The van der Waals surface area contributed by atoms with E-state index in [9.17, 15) is 13.6 Å². The molecule has 0 unspecified atom stereocenters. The molecule has 0 saturated carbocycles. The molecule has 0 saturated heterocycles. The van der Waals surface area contributed by atoms with Gasteiger partial charge in [-0.1, -0.05) is 0 Å². The van der Waals surface area contributed by atoms with E-state index >= 15 is 0 Å². The third kappa shape index (κ3) is 6.00. The highest BCUT2D eigenvalue weighted by atomic mass is 19.1. The van der Waals surface area contributed by atoms with Crippen molar-refractivity contribution >= 4 is 23.6 Å². The van der Waals surface area contributed by atoms with Gasteiger partial charge in [-0.25, -0.2) is 13.6 Å². The van der Waals surface area contributed by atoms with Gasteiger partial charge < -0.3 is 24.9 Å². The number of esters is 1. The molecular formula is C22H17F2N5O4. The molecule has 0 aliphatic rings. The molecule has 9 nitrogen and oxygen atoms in total. The lowest BCUT2D eigenvalue weighted by Crippen LogP contribution is -2.11. The van der Waals surface area contributed by atoms with Gasteiger partial charge in [0.15, 0.2) is 12.4 Å². The summed E-state index contributed by atoms with van der Waals surface area (Å²) in [5.41, 5.74) is 6.23. The first kappa shape index (κ1) is 21.7. The van der Waals surface area contributed by atoms with Crippen LogP contribution >= 0.6 is 0 Å². The summed E-state index contributed by atoms with van der Waals surface area (Å²) in [4.78, 5) is 24.3. The number of rotatable bonds is 8. The van der Waals surface area contributed by atoms with E-state index in [0.717, 1.165) is 0 Å². The van der Waals surface area contributed by atoms with Gasteiger partial charge in [0.05, 0.1) is 0 Å². The van der Waals surface area contributed by atoms with Crippen LogP contribution in [0.1, 0.15) is 22.1 Å². The van der Waals surface area contributed by atoms with Gasteiger partial charge in [-0.3, -0.25) is 0 Å². The summed E-state index contributed by atoms with van der Waals surface area (Å²) in [6, 6.07) is 14.1. The van der Waals surface area contributed by atoms with Gasteiger partial charge in [0.2, 0.25) is 17.7 Å². The van der Waals surface area contributed by atoms with E-state index in [0.29, 0.717) is 17.2 Å². The zero-order valence-corrected chi connectivity index (χ0v) is 17.0. The van der Waals surface area contributed by atoms with Crippen molar-refractivity contribution in [1.29, 1.82) is 0 Å². The average molecular weight is 453 g/mol. The number of nitrogen functional groups attached to an aromatic ring is 1. The third-order valence-electron chi connectivity index (χ3n) is 4.19. The minimum atomic E-state index is -0.741. The van der Waals surface area contributed by atoms with E-state index in [2.05, 4.69) is 20.3 Å². The summed E-state index contributed by atoms with van der Waals surface area (Å²) in [6.45, 7) is -0.243. The Bertz CT molecular complexity index is 1250. The fourth-order valence-corrected chi connectivity index (χ4v) is 2.67. The normalized spacial score (nSPS) is 10.6. The minimum Gasteiger partial charge on any atom is -0.486 e. The molecule has 33 heavy (non-hydrogen) atoms. The quantitative estimate of drug-likeness (QED) is 0.381. The van der Waals surface area contributed by atoms with Crippen LogP contribution < -0.4 is 15.8 Å².